The lowest BCUT2D eigenvalue weighted by atomic mass is 10.1. The smallest absolute Gasteiger partial charge is 0.299 e. The van der Waals surface area contributed by atoms with Crippen LogP contribution in [0.15, 0.2) is 42.5 Å². The second-order valence-electron chi connectivity index (χ2n) is 5.05. The standard InChI is InChI=1S/C17H14INO2/c1-2-11-5-8-15-14(9-11)16(20)17(21)19(15)10-12-3-6-13(18)7-4-12/h3-9H,2,10H2,1H3. The molecule has 0 saturated carbocycles. The maximum Gasteiger partial charge on any atom is 0.299 e. The van der Waals surface area contributed by atoms with E-state index in [-0.39, 0.29) is 0 Å². The number of hydrogen-bond acceptors (Lipinski definition) is 2. The molecule has 21 heavy (non-hydrogen) atoms. The van der Waals surface area contributed by atoms with Gasteiger partial charge in [-0.15, -0.1) is 0 Å². The molecule has 4 heteroatoms. The Hall–Kier alpha value is -1.69. The van der Waals surface area contributed by atoms with E-state index < -0.39 is 11.7 Å². The largest absolute Gasteiger partial charge is 0.300 e. The van der Waals surface area contributed by atoms with Crippen LogP contribution in [0.4, 0.5) is 5.69 Å². The van der Waals surface area contributed by atoms with Crippen molar-refractivity contribution in [2.45, 2.75) is 19.9 Å². The molecule has 1 amide bonds. The summed E-state index contributed by atoms with van der Waals surface area (Å²) in [6.45, 7) is 2.46. The minimum Gasteiger partial charge on any atom is -0.300 e. The van der Waals surface area contributed by atoms with Crippen molar-refractivity contribution < 1.29 is 9.59 Å². The number of Topliss-reactive ketones (excluding diaryl/α,β-unsaturated/α-hetero) is 1. The molecule has 0 unspecified atom stereocenters. The Balaban J connectivity index is 1.96. The van der Waals surface area contributed by atoms with E-state index in [4.69, 9.17) is 0 Å². The number of benzene rings is 2. The number of anilines is 1. The normalized spacial score (nSPS) is 13.7. The Kier molecular flexibility index (Phi) is 3.80. The highest BCUT2D eigenvalue weighted by Crippen LogP contribution is 2.31. The number of nitrogens with zero attached hydrogens (tertiary/aromatic N) is 1. The summed E-state index contributed by atoms with van der Waals surface area (Å²) in [6.07, 6.45) is 0.853. The summed E-state index contributed by atoms with van der Waals surface area (Å²) in [5.41, 5.74) is 3.35. The van der Waals surface area contributed by atoms with Crippen LogP contribution in [0, 0.1) is 3.57 Å². The van der Waals surface area contributed by atoms with E-state index in [0.29, 0.717) is 12.1 Å². The van der Waals surface area contributed by atoms with Crippen molar-refractivity contribution in [3.05, 3.63) is 62.7 Å². The molecule has 0 atom stereocenters. The van der Waals surface area contributed by atoms with Crippen molar-refractivity contribution >= 4 is 40.0 Å². The number of carbonyl (C=O) groups is 2. The molecular weight excluding hydrogens is 377 g/mol. The van der Waals surface area contributed by atoms with Crippen molar-refractivity contribution in [2.75, 3.05) is 4.90 Å². The summed E-state index contributed by atoms with van der Waals surface area (Å²) in [6, 6.07) is 13.7. The van der Waals surface area contributed by atoms with Gasteiger partial charge in [-0.25, -0.2) is 0 Å². The lowest BCUT2D eigenvalue weighted by molar-refractivity contribution is -0.114. The van der Waals surface area contributed by atoms with Gasteiger partial charge in [-0.2, -0.15) is 0 Å². The zero-order chi connectivity index (χ0) is 15.0. The third kappa shape index (κ3) is 2.60. The fraction of sp³-hybridized carbons (Fsp3) is 0.176. The first-order valence-electron chi connectivity index (χ1n) is 6.83. The van der Waals surface area contributed by atoms with E-state index in [1.54, 1.807) is 4.90 Å². The van der Waals surface area contributed by atoms with E-state index in [1.165, 1.54) is 0 Å². The van der Waals surface area contributed by atoms with Crippen molar-refractivity contribution in [3.63, 3.8) is 0 Å². The molecule has 0 saturated heterocycles. The number of amides is 1. The van der Waals surface area contributed by atoms with Gasteiger partial charge in [0, 0.05) is 3.57 Å². The quantitative estimate of drug-likeness (QED) is 0.593. The van der Waals surface area contributed by atoms with Crippen LogP contribution in [0.2, 0.25) is 0 Å². The number of aryl methyl sites for hydroxylation is 1. The first-order chi connectivity index (χ1) is 10.1. The van der Waals surface area contributed by atoms with Gasteiger partial charge in [0.2, 0.25) is 0 Å². The summed E-state index contributed by atoms with van der Waals surface area (Å²) in [4.78, 5) is 25.9. The SMILES string of the molecule is CCc1ccc2c(c1)C(=O)C(=O)N2Cc1ccc(I)cc1. The van der Waals surface area contributed by atoms with Gasteiger partial charge >= 0.3 is 0 Å². The van der Waals surface area contributed by atoms with E-state index in [1.807, 2.05) is 49.4 Å². The topological polar surface area (TPSA) is 37.4 Å². The predicted molar refractivity (Wildman–Crippen MR) is 90.5 cm³/mol. The Morgan fingerprint density at radius 3 is 2.33 bits per heavy atom. The molecule has 0 bridgehead atoms. The van der Waals surface area contributed by atoms with Gasteiger partial charge in [0.25, 0.3) is 11.7 Å². The third-order valence-corrected chi connectivity index (χ3v) is 4.42. The molecule has 2 aromatic carbocycles. The highest BCUT2D eigenvalue weighted by Gasteiger charge is 2.35. The molecule has 0 N–H and O–H groups in total. The summed E-state index contributed by atoms with van der Waals surface area (Å²) < 4.78 is 1.15. The average Bonchev–Trinajstić information content (AvgIpc) is 2.74. The van der Waals surface area contributed by atoms with Crippen LogP contribution < -0.4 is 4.90 Å². The average molecular weight is 391 g/mol. The molecule has 0 aromatic heterocycles. The van der Waals surface area contributed by atoms with Crippen LogP contribution in [-0.4, -0.2) is 11.7 Å². The highest BCUT2D eigenvalue weighted by atomic mass is 127. The molecule has 106 valence electrons. The predicted octanol–water partition coefficient (Wildman–Crippen LogP) is 3.58. The van der Waals surface area contributed by atoms with Crippen LogP contribution in [0.25, 0.3) is 0 Å². The Morgan fingerprint density at radius 2 is 1.67 bits per heavy atom. The molecule has 3 rings (SSSR count). The zero-order valence-electron chi connectivity index (χ0n) is 11.6. The maximum atomic E-state index is 12.2. The first kappa shape index (κ1) is 14.3. The number of ketones is 1. The van der Waals surface area contributed by atoms with Crippen LogP contribution in [-0.2, 0) is 17.8 Å². The van der Waals surface area contributed by atoms with Gasteiger partial charge in [-0.1, -0.05) is 25.1 Å². The minimum atomic E-state index is -0.434. The molecule has 2 aromatic rings. The van der Waals surface area contributed by atoms with Gasteiger partial charge in [-0.05, 0) is 64.4 Å². The molecule has 1 aliphatic heterocycles. The van der Waals surface area contributed by atoms with Gasteiger partial charge < -0.3 is 4.90 Å². The number of halogens is 1. The Morgan fingerprint density at radius 1 is 1.00 bits per heavy atom. The highest BCUT2D eigenvalue weighted by molar-refractivity contribution is 14.1. The summed E-state index contributed by atoms with van der Waals surface area (Å²) in [5.74, 6) is -0.831. The van der Waals surface area contributed by atoms with Crippen molar-refractivity contribution in [1.29, 1.82) is 0 Å². The molecule has 0 radical (unpaired) electrons. The summed E-state index contributed by atoms with van der Waals surface area (Å²) in [5, 5.41) is 0. The monoisotopic (exact) mass is 391 g/mol. The number of hydrogen-bond donors (Lipinski definition) is 0. The first-order valence-corrected chi connectivity index (χ1v) is 7.91. The van der Waals surface area contributed by atoms with Crippen LogP contribution >= 0.6 is 22.6 Å². The van der Waals surface area contributed by atoms with Crippen LogP contribution in [0.5, 0.6) is 0 Å². The van der Waals surface area contributed by atoms with Gasteiger partial charge in [0.15, 0.2) is 0 Å². The van der Waals surface area contributed by atoms with E-state index >= 15 is 0 Å². The summed E-state index contributed by atoms with van der Waals surface area (Å²) in [7, 11) is 0. The summed E-state index contributed by atoms with van der Waals surface area (Å²) >= 11 is 2.24. The van der Waals surface area contributed by atoms with Crippen molar-refractivity contribution in [3.8, 4) is 0 Å². The van der Waals surface area contributed by atoms with Crippen LogP contribution in [0.1, 0.15) is 28.4 Å². The second kappa shape index (κ2) is 5.60. The number of carbonyl (C=O) groups excluding carboxylic acids is 2. The second-order valence-corrected chi connectivity index (χ2v) is 6.30. The number of rotatable bonds is 3. The lowest BCUT2D eigenvalue weighted by Gasteiger charge is -2.16. The zero-order valence-corrected chi connectivity index (χ0v) is 13.8. The van der Waals surface area contributed by atoms with E-state index in [9.17, 15) is 9.59 Å². The van der Waals surface area contributed by atoms with E-state index in [0.717, 1.165) is 26.8 Å². The minimum absolute atomic E-state index is 0.397. The molecule has 0 aliphatic carbocycles. The molecule has 0 spiro atoms. The van der Waals surface area contributed by atoms with Gasteiger partial charge in [-0.3, -0.25) is 9.59 Å². The van der Waals surface area contributed by atoms with E-state index in [2.05, 4.69) is 22.6 Å². The van der Waals surface area contributed by atoms with Crippen molar-refractivity contribution in [2.24, 2.45) is 0 Å². The molecule has 1 heterocycles. The van der Waals surface area contributed by atoms with Crippen LogP contribution in [0.3, 0.4) is 0 Å². The lowest BCUT2D eigenvalue weighted by Crippen LogP contribution is -2.29. The third-order valence-electron chi connectivity index (χ3n) is 3.70. The fourth-order valence-corrected chi connectivity index (χ4v) is 2.86. The Labute approximate surface area is 137 Å². The Bertz CT molecular complexity index is 722. The van der Waals surface area contributed by atoms with Gasteiger partial charge in [0.05, 0.1) is 17.8 Å². The van der Waals surface area contributed by atoms with Gasteiger partial charge in [0.1, 0.15) is 0 Å². The molecular formula is C17H14INO2. The fourth-order valence-electron chi connectivity index (χ4n) is 2.50. The van der Waals surface area contributed by atoms with Crippen molar-refractivity contribution in [1.82, 2.24) is 0 Å². The molecule has 1 aliphatic rings. The number of fused-ring (bicyclic) bond motifs is 1. The molecule has 0 fully saturated rings. The molecule has 3 nitrogen and oxygen atoms in total. The maximum absolute atomic E-state index is 12.2.